The molecule has 0 saturated heterocycles. The number of carbonyl (C=O) groups is 3. The smallest absolute Gasteiger partial charge is 0.325 e. The van der Waals surface area contributed by atoms with E-state index < -0.39 is 17.9 Å². The third-order valence-electron chi connectivity index (χ3n) is 1.95. The number of carbonyl (C=O) groups excluding carboxylic acids is 2. The molecule has 1 amide bonds. The molecule has 1 rings (SSSR count). The number of rotatable bonds is 4. The minimum absolute atomic E-state index is 0.124. The van der Waals surface area contributed by atoms with E-state index >= 15 is 0 Å². The van der Waals surface area contributed by atoms with Crippen LogP contribution in [-0.4, -0.2) is 28.8 Å². The van der Waals surface area contributed by atoms with Gasteiger partial charge in [0.2, 0.25) is 0 Å². The molecular formula is C10H11NO4S. The molecule has 0 aliphatic rings. The van der Waals surface area contributed by atoms with Crippen LogP contribution in [0.1, 0.15) is 33.9 Å². The maximum atomic E-state index is 11.5. The van der Waals surface area contributed by atoms with Crippen LogP contribution in [0.15, 0.2) is 11.4 Å². The van der Waals surface area contributed by atoms with Gasteiger partial charge < -0.3 is 10.4 Å². The van der Waals surface area contributed by atoms with Gasteiger partial charge in [-0.2, -0.15) is 0 Å². The first-order valence-corrected chi connectivity index (χ1v) is 5.43. The lowest BCUT2D eigenvalue weighted by Crippen LogP contribution is -2.37. The summed E-state index contributed by atoms with van der Waals surface area (Å²) in [5, 5.41) is 12.5. The molecule has 0 aliphatic heterocycles. The van der Waals surface area contributed by atoms with Gasteiger partial charge >= 0.3 is 5.97 Å². The minimum atomic E-state index is -1.10. The van der Waals surface area contributed by atoms with Gasteiger partial charge in [0.15, 0.2) is 5.78 Å². The van der Waals surface area contributed by atoms with E-state index in [9.17, 15) is 14.4 Å². The molecule has 1 aromatic rings. The van der Waals surface area contributed by atoms with Gasteiger partial charge in [-0.15, -0.1) is 11.3 Å². The summed E-state index contributed by atoms with van der Waals surface area (Å²) in [4.78, 5) is 33.4. The number of hydrogen-bond acceptors (Lipinski definition) is 4. The second kappa shape index (κ2) is 4.89. The molecule has 0 radical (unpaired) electrons. The Morgan fingerprint density at radius 3 is 2.50 bits per heavy atom. The number of carboxylic acids is 1. The molecule has 0 spiro atoms. The fourth-order valence-electron chi connectivity index (χ4n) is 0.969. The highest BCUT2D eigenvalue weighted by atomic mass is 32.1. The normalized spacial score (nSPS) is 11.9. The second-order valence-corrected chi connectivity index (χ2v) is 4.20. The van der Waals surface area contributed by atoms with Gasteiger partial charge in [-0.25, -0.2) is 0 Å². The Bertz CT molecular complexity index is 438. The molecule has 0 fully saturated rings. The van der Waals surface area contributed by atoms with Crippen molar-refractivity contribution in [1.29, 1.82) is 0 Å². The zero-order valence-corrected chi connectivity index (χ0v) is 9.63. The standard InChI is InChI=1S/C10H11NO4S/c1-5(10(14)15)11-9(13)8-3-7(4-16-8)6(2)12/h3-5H,1-2H3,(H,11,13)(H,14,15). The Kier molecular flexibility index (Phi) is 3.78. The maximum Gasteiger partial charge on any atom is 0.325 e. The van der Waals surface area contributed by atoms with E-state index in [2.05, 4.69) is 5.32 Å². The molecule has 1 aromatic heterocycles. The Morgan fingerprint density at radius 2 is 2.06 bits per heavy atom. The highest BCUT2D eigenvalue weighted by Crippen LogP contribution is 2.15. The summed E-state index contributed by atoms with van der Waals surface area (Å²) in [6, 6.07) is 0.507. The molecule has 2 N–H and O–H groups in total. The number of Topliss-reactive ketones (excluding diaryl/α,β-unsaturated/α-hetero) is 1. The molecule has 86 valence electrons. The largest absolute Gasteiger partial charge is 0.480 e. The Labute approximate surface area is 96.1 Å². The lowest BCUT2D eigenvalue weighted by molar-refractivity contribution is -0.138. The summed E-state index contributed by atoms with van der Waals surface area (Å²) in [5.41, 5.74) is 0.457. The first-order chi connectivity index (χ1) is 7.41. The number of thiophene rings is 1. The summed E-state index contributed by atoms with van der Waals surface area (Å²) in [6.45, 7) is 2.78. The number of ketones is 1. The van der Waals surface area contributed by atoms with Crippen molar-refractivity contribution in [3.8, 4) is 0 Å². The van der Waals surface area contributed by atoms with Crippen LogP contribution in [0, 0.1) is 0 Å². The van der Waals surface area contributed by atoms with E-state index in [1.54, 1.807) is 5.38 Å². The number of nitrogens with one attached hydrogen (secondary N) is 1. The topological polar surface area (TPSA) is 83.5 Å². The molecule has 1 unspecified atom stereocenters. The zero-order valence-electron chi connectivity index (χ0n) is 8.81. The fraction of sp³-hybridized carbons (Fsp3) is 0.300. The fourth-order valence-corrected chi connectivity index (χ4v) is 1.82. The van der Waals surface area contributed by atoms with Crippen molar-refractivity contribution in [2.24, 2.45) is 0 Å². The van der Waals surface area contributed by atoms with Crippen LogP contribution in [0.25, 0.3) is 0 Å². The van der Waals surface area contributed by atoms with Crippen LogP contribution in [0.4, 0.5) is 0 Å². The second-order valence-electron chi connectivity index (χ2n) is 3.29. The highest BCUT2D eigenvalue weighted by molar-refractivity contribution is 7.12. The van der Waals surface area contributed by atoms with Gasteiger partial charge in [-0.1, -0.05) is 0 Å². The third kappa shape index (κ3) is 2.90. The van der Waals surface area contributed by atoms with Crippen molar-refractivity contribution < 1.29 is 19.5 Å². The molecule has 1 atom stereocenters. The van der Waals surface area contributed by atoms with E-state index in [0.29, 0.717) is 10.4 Å². The molecule has 0 aliphatic carbocycles. The van der Waals surface area contributed by atoms with Gasteiger partial charge in [0, 0.05) is 10.9 Å². The molecule has 0 aromatic carbocycles. The molecule has 0 bridgehead atoms. The molecular weight excluding hydrogens is 230 g/mol. The summed E-state index contributed by atoms with van der Waals surface area (Å²) in [7, 11) is 0. The third-order valence-corrected chi connectivity index (χ3v) is 2.88. The minimum Gasteiger partial charge on any atom is -0.480 e. The van der Waals surface area contributed by atoms with Crippen molar-refractivity contribution in [1.82, 2.24) is 5.32 Å². The molecule has 16 heavy (non-hydrogen) atoms. The van der Waals surface area contributed by atoms with Gasteiger partial charge in [-0.05, 0) is 19.9 Å². The molecule has 0 saturated carbocycles. The molecule has 6 heteroatoms. The van der Waals surface area contributed by atoms with Crippen molar-refractivity contribution in [2.75, 3.05) is 0 Å². The van der Waals surface area contributed by atoms with Crippen LogP contribution in [0.5, 0.6) is 0 Å². The van der Waals surface area contributed by atoms with E-state index in [1.807, 2.05) is 0 Å². The van der Waals surface area contributed by atoms with Gasteiger partial charge in [-0.3, -0.25) is 14.4 Å². The van der Waals surface area contributed by atoms with Gasteiger partial charge in [0.25, 0.3) is 5.91 Å². The van der Waals surface area contributed by atoms with Crippen molar-refractivity contribution in [3.05, 3.63) is 21.9 Å². The Balaban J connectivity index is 2.73. The van der Waals surface area contributed by atoms with Crippen molar-refractivity contribution in [3.63, 3.8) is 0 Å². The average Bonchev–Trinajstić information content (AvgIpc) is 2.65. The Morgan fingerprint density at radius 1 is 1.44 bits per heavy atom. The van der Waals surface area contributed by atoms with Crippen molar-refractivity contribution >= 4 is 29.0 Å². The first kappa shape index (κ1) is 12.4. The van der Waals surface area contributed by atoms with Gasteiger partial charge in [0.1, 0.15) is 6.04 Å². The predicted molar refractivity (Wildman–Crippen MR) is 58.9 cm³/mol. The van der Waals surface area contributed by atoms with Crippen molar-refractivity contribution in [2.45, 2.75) is 19.9 Å². The summed E-state index contributed by atoms with van der Waals surface area (Å²) >= 11 is 1.11. The first-order valence-electron chi connectivity index (χ1n) is 4.55. The average molecular weight is 241 g/mol. The van der Waals surface area contributed by atoms with Crippen LogP contribution in [0.3, 0.4) is 0 Å². The Hall–Kier alpha value is -1.69. The van der Waals surface area contributed by atoms with E-state index in [-0.39, 0.29) is 5.78 Å². The summed E-state index contributed by atoms with van der Waals surface area (Å²) in [6.07, 6.45) is 0. The lowest BCUT2D eigenvalue weighted by Gasteiger charge is -2.07. The van der Waals surface area contributed by atoms with E-state index in [1.165, 1.54) is 19.9 Å². The number of carboxylic acid groups (broad SMARTS) is 1. The highest BCUT2D eigenvalue weighted by Gasteiger charge is 2.17. The van der Waals surface area contributed by atoms with Gasteiger partial charge in [0.05, 0.1) is 4.88 Å². The SMILES string of the molecule is CC(=O)c1csc(C(=O)NC(C)C(=O)O)c1. The maximum absolute atomic E-state index is 11.5. The number of aliphatic carboxylic acids is 1. The summed E-state index contributed by atoms with van der Waals surface area (Å²) < 4.78 is 0. The monoisotopic (exact) mass is 241 g/mol. The van der Waals surface area contributed by atoms with Crippen LogP contribution >= 0.6 is 11.3 Å². The summed E-state index contributed by atoms with van der Waals surface area (Å²) in [5.74, 6) is -1.70. The number of hydrogen-bond donors (Lipinski definition) is 2. The van der Waals surface area contributed by atoms with E-state index in [4.69, 9.17) is 5.11 Å². The van der Waals surface area contributed by atoms with Crippen LogP contribution in [-0.2, 0) is 4.79 Å². The van der Waals surface area contributed by atoms with Crippen LogP contribution in [0.2, 0.25) is 0 Å². The number of amides is 1. The quantitative estimate of drug-likeness (QED) is 0.775. The van der Waals surface area contributed by atoms with E-state index in [0.717, 1.165) is 11.3 Å². The lowest BCUT2D eigenvalue weighted by atomic mass is 10.2. The molecule has 5 nitrogen and oxygen atoms in total. The molecule has 1 heterocycles. The zero-order chi connectivity index (χ0) is 12.3. The van der Waals surface area contributed by atoms with Crippen LogP contribution < -0.4 is 5.32 Å². The predicted octanol–water partition coefficient (Wildman–Crippen LogP) is 1.15.